The van der Waals surface area contributed by atoms with Gasteiger partial charge in [-0.05, 0) is 11.1 Å². The van der Waals surface area contributed by atoms with Crippen LogP contribution in [0.3, 0.4) is 0 Å². The quantitative estimate of drug-likeness (QED) is 0.233. The van der Waals surface area contributed by atoms with E-state index in [2.05, 4.69) is 0 Å². The second-order valence-electron chi connectivity index (χ2n) is 9.19. The fraction of sp³-hybridized carbons (Fsp3) is 0.462. The molecule has 37 heavy (non-hydrogen) atoms. The number of benzene rings is 2. The van der Waals surface area contributed by atoms with Crippen molar-refractivity contribution in [1.29, 1.82) is 0 Å². The summed E-state index contributed by atoms with van der Waals surface area (Å²) in [5.74, 6) is -1.20. The number of rotatable bonds is 8. The molecule has 2 aromatic carbocycles. The van der Waals surface area contributed by atoms with Crippen LogP contribution in [0, 0.1) is 0 Å². The van der Waals surface area contributed by atoms with Crippen molar-refractivity contribution in [2.75, 3.05) is 0 Å². The van der Waals surface area contributed by atoms with Gasteiger partial charge in [-0.2, -0.15) is 0 Å². The third kappa shape index (κ3) is 6.12. The van der Waals surface area contributed by atoms with Crippen molar-refractivity contribution in [2.24, 2.45) is 0 Å². The molecular formula is C26H30O11. The Hall–Kier alpha value is -2.58. The fourth-order valence-electron chi connectivity index (χ4n) is 4.38. The molecule has 2 aromatic rings. The second-order valence-corrected chi connectivity index (χ2v) is 9.19. The Balaban J connectivity index is 1.47. The van der Waals surface area contributed by atoms with Crippen molar-refractivity contribution < 1.29 is 54.4 Å². The van der Waals surface area contributed by atoms with Gasteiger partial charge in [-0.1, -0.05) is 60.7 Å². The molecule has 0 amide bonds. The maximum Gasteiger partial charge on any atom is 0.190 e. The summed E-state index contributed by atoms with van der Waals surface area (Å²) < 4.78 is 16.4. The lowest BCUT2D eigenvalue weighted by Crippen LogP contribution is -2.64. The third-order valence-corrected chi connectivity index (χ3v) is 6.48. The van der Waals surface area contributed by atoms with Crippen molar-refractivity contribution in [1.82, 2.24) is 0 Å². The molecule has 0 saturated carbocycles. The number of carbonyl (C=O) groups excluding carboxylic acids is 2. The first-order chi connectivity index (χ1) is 17.7. The van der Waals surface area contributed by atoms with Crippen molar-refractivity contribution in [3.8, 4) is 0 Å². The van der Waals surface area contributed by atoms with Gasteiger partial charge in [0.05, 0.1) is 0 Å². The number of ether oxygens (including phenoxy) is 3. The van der Waals surface area contributed by atoms with Gasteiger partial charge >= 0.3 is 0 Å². The summed E-state index contributed by atoms with van der Waals surface area (Å²) in [6.07, 6.45) is -18.0. The average molecular weight is 519 g/mol. The van der Waals surface area contributed by atoms with Gasteiger partial charge in [-0.15, -0.1) is 0 Å². The predicted octanol–water partition coefficient (Wildman–Crippen LogP) is -1.76. The number of Topliss-reactive ketones (excluding diaryl/α,β-unsaturated/α-hetero) is 2. The molecule has 2 aliphatic heterocycles. The van der Waals surface area contributed by atoms with E-state index in [1.165, 1.54) is 0 Å². The summed E-state index contributed by atoms with van der Waals surface area (Å²) >= 11 is 0. The van der Waals surface area contributed by atoms with Crippen LogP contribution < -0.4 is 0 Å². The van der Waals surface area contributed by atoms with Crippen molar-refractivity contribution >= 4 is 11.6 Å². The number of aliphatic hydroxyl groups excluding tert-OH is 6. The summed E-state index contributed by atoms with van der Waals surface area (Å²) in [5.41, 5.74) is 1.26. The van der Waals surface area contributed by atoms with E-state index in [0.717, 1.165) is 0 Å². The zero-order chi connectivity index (χ0) is 26.7. The number of ketones is 2. The van der Waals surface area contributed by atoms with E-state index in [-0.39, 0.29) is 12.8 Å². The lowest BCUT2D eigenvalue weighted by Gasteiger charge is -2.44. The highest BCUT2D eigenvalue weighted by molar-refractivity contribution is 5.86. The molecule has 2 saturated heterocycles. The fourth-order valence-corrected chi connectivity index (χ4v) is 4.38. The SMILES string of the molecule is O=C(Cc1ccccc1)[C@H]1O[C@H](O[C@H]2O[C@H](C(=O)Cc3ccccc3)[C@@H](O)[C@H](O)[C@H]2O)[C@H](O)[C@@H](O)[C@@H]1O. The van der Waals surface area contributed by atoms with Crippen LogP contribution in [-0.2, 0) is 36.6 Å². The summed E-state index contributed by atoms with van der Waals surface area (Å²) in [7, 11) is 0. The normalized spacial score (nSPS) is 36.2. The van der Waals surface area contributed by atoms with E-state index in [1.807, 2.05) is 0 Å². The minimum absolute atomic E-state index is 0.137. The summed E-state index contributed by atoms with van der Waals surface area (Å²) in [4.78, 5) is 25.6. The minimum Gasteiger partial charge on any atom is -0.387 e. The van der Waals surface area contributed by atoms with E-state index in [1.54, 1.807) is 60.7 Å². The third-order valence-electron chi connectivity index (χ3n) is 6.48. The molecule has 0 aliphatic carbocycles. The molecular weight excluding hydrogens is 488 g/mol. The molecule has 0 spiro atoms. The Morgan fingerprint density at radius 1 is 0.568 bits per heavy atom. The van der Waals surface area contributed by atoms with Crippen LogP contribution in [0.5, 0.6) is 0 Å². The second kappa shape index (κ2) is 11.9. The summed E-state index contributed by atoms with van der Waals surface area (Å²) in [5, 5.41) is 62.2. The maximum atomic E-state index is 12.8. The van der Waals surface area contributed by atoms with E-state index >= 15 is 0 Å². The molecule has 200 valence electrons. The van der Waals surface area contributed by atoms with E-state index in [0.29, 0.717) is 11.1 Å². The number of hydrogen-bond donors (Lipinski definition) is 6. The van der Waals surface area contributed by atoms with Gasteiger partial charge in [0.2, 0.25) is 0 Å². The standard InChI is InChI=1S/C26H30O11/c27-15(11-13-7-3-1-4-8-13)23-19(31)17(29)21(33)25(35-23)37-26-22(34)18(30)20(32)24(36-26)16(28)12-14-9-5-2-6-10-14/h1-10,17-26,29-34H,11-12H2/t17-,18-,19-,20-,21+,22+,23+,24+,25+,26+/m0/s1. The predicted molar refractivity (Wildman–Crippen MR) is 125 cm³/mol. The smallest absolute Gasteiger partial charge is 0.190 e. The first-order valence-corrected chi connectivity index (χ1v) is 11.9. The lowest BCUT2D eigenvalue weighted by molar-refractivity contribution is -0.366. The molecule has 0 aromatic heterocycles. The highest BCUT2D eigenvalue weighted by Gasteiger charge is 2.52. The molecule has 0 radical (unpaired) electrons. The van der Waals surface area contributed by atoms with Crippen LogP contribution in [-0.4, -0.2) is 104 Å². The Morgan fingerprint density at radius 3 is 1.27 bits per heavy atom. The van der Waals surface area contributed by atoms with Crippen molar-refractivity contribution in [3.63, 3.8) is 0 Å². The molecule has 6 N–H and O–H groups in total. The topological polar surface area (TPSA) is 183 Å². The largest absolute Gasteiger partial charge is 0.387 e. The van der Waals surface area contributed by atoms with Crippen molar-refractivity contribution in [2.45, 2.75) is 74.3 Å². The van der Waals surface area contributed by atoms with Gasteiger partial charge < -0.3 is 44.8 Å². The molecule has 2 aliphatic rings. The van der Waals surface area contributed by atoms with Crippen LogP contribution in [0.1, 0.15) is 11.1 Å². The molecule has 11 nitrogen and oxygen atoms in total. The summed E-state index contributed by atoms with van der Waals surface area (Å²) in [6, 6.07) is 17.2. The van der Waals surface area contributed by atoms with Crippen LogP contribution in [0.2, 0.25) is 0 Å². The molecule has 2 heterocycles. The molecule has 2 fully saturated rings. The van der Waals surface area contributed by atoms with Gasteiger partial charge in [0, 0.05) is 12.8 Å². The Kier molecular flexibility index (Phi) is 8.80. The van der Waals surface area contributed by atoms with E-state index < -0.39 is 73.0 Å². The first kappa shape index (κ1) is 27.5. The summed E-state index contributed by atoms with van der Waals surface area (Å²) in [6.45, 7) is 0. The highest BCUT2D eigenvalue weighted by atomic mass is 16.8. The Labute approximate surface area is 212 Å². The lowest BCUT2D eigenvalue weighted by atomic mass is 9.92. The first-order valence-electron chi connectivity index (χ1n) is 11.9. The molecule has 11 heteroatoms. The monoisotopic (exact) mass is 518 g/mol. The zero-order valence-electron chi connectivity index (χ0n) is 19.7. The van der Waals surface area contributed by atoms with Crippen LogP contribution in [0.4, 0.5) is 0 Å². The van der Waals surface area contributed by atoms with Gasteiger partial charge in [-0.25, -0.2) is 0 Å². The van der Waals surface area contributed by atoms with Crippen LogP contribution >= 0.6 is 0 Å². The van der Waals surface area contributed by atoms with Gasteiger partial charge in [0.1, 0.15) is 48.8 Å². The van der Waals surface area contributed by atoms with Crippen LogP contribution in [0.15, 0.2) is 60.7 Å². The maximum absolute atomic E-state index is 12.8. The van der Waals surface area contributed by atoms with Crippen molar-refractivity contribution in [3.05, 3.63) is 71.8 Å². The van der Waals surface area contributed by atoms with Gasteiger partial charge in [0.15, 0.2) is 24.1 Å². The van der Waals surface area contributed by atoms with E-state index in [9.17, 15) is 40.2 Å². The Bertz CT molecular complexity index is 966. The molecule has 10 atom stereocenters. The average Bonchev–Trinajstić information content (AvgIpc) is 2.90. The molecule has 0 bridgehead atoms. The van der Waals surface area contributed by atoms with Gasteiger partial charge in [0.25, 0.3) is 0 Å². The van der Waals surface area contributed by atoms with Gasteiger partial charge in [-0.3, -0.25) is 9.59 Å². The zero-order valence-corrected chi connectivity index (χ0v) is 19.7. The number of carbonyl (C=O) groups is 2. The number of hydrogen-bond acceptors (Lipinski definition) is 11. The minimum atomic E-state index is -1.87. The molecule has 0 unspecified atom stereocenters. The van der Waals surface area contributed by atoms with Crippen LogP contribution in [0.25, 0.3) is 0 Å². The Morgan fingerprint density at radius 2 is 0.919 bits per heavy atom. The van der Waals surface area contributed by atoms with E-state index in [4.69, 9.17) is 14.2 Å². The number of aliphatic hydroxyl groups is 6. The highest BCUT2D eigenvalue weighted by Crippen LogP contribution is 2.29. The molecule has 4 rings (SSSR count).